The summed E-state index contributed by atoms with van der Waals surface area (Å²) in [6.45, 7) is 0. The number of benzene rings is 3. The van der Waals surface area contributed by atoms with Gasteiger partial charge in [0.15, 0.2) is 0 Å². The first-order chi connectivity index (χ1) is 17.4. The Morgan fingerprint density at radius 1 is 1.08 bits per heavy atom. The van der Waals surface area contributed by atoms with E-state index in [9.17, 15) is 14.0 Å². The molecular weight excluding hydrogens is 459 g/mol. The molecule has 0 radical (unpaired) electrons. The van der Waals surface area contributed by atoms with Gasteiger partial charge in [0, 0.05) is 36.3 Å². The number of anilines is 2. The van der Waals surface area contributed by atoms with Crippen molar-refractivity contribution in [1.82, 2.24) is 9.55 Å². The summed E-state index contributed by atoms with van der Waals surface area (Å²) in [6, 6.07) is 19.3. The standard InChI is InChI=1S/C28H23FN4O3/c1-33-14-13-30-27(33)19-7-10-21(11-8-19)31-26(18-5-3-17(4-6-18)15-24(34)36-2)25-22-12-9-20(29)16-23(22)32-28(25)35/h3-14,16,31H,15H2,1-2H3,(H,32,35)/b26-25-. The molecular formula is C28H23FN4O3. The highest BCUT2D eigenvalue weighted by Crippen LogP contribution is 2.38. The van der Waals surface area contributed by atoms with Gasteiger partial charge >= 0.3 is 5.97 Å². The van der Waals surface area contributed by atoms with Crippen molar-refractivity contribution >= 4 is 34.5 Å². The zero-order chi connectivity index (χ0) is 25.2. The predicted octanol–water partition coefficient (Wildman–Crippen LogP) is 4.87. The molecule has 0 unspecified atom stereocenters. The van der Waals surface area contributed by atoms with Gasteiger partial charge in [-0.2, -0.15) is 0 Å². The number of hydrogen-bond acceptors (Lipinski definition) is 5. The van der Waals surface area contributed by atoms with Crippen LogP contribution in [-0.4, -0.2) is 28.5 Å². The summed E-state index contributed by atoms with van der Waals surface area (Å²) < 4.78 is 20.5. The Morgan fingerprint density at radius 2 is 1.83 bits per heavy atom. The maximum atomic E-state index is 13.8. The molecule has 4 aromatic rings. The van der Waals surface area contributed by atoms with Crippen LogP contribution in [0.3, 0.4) is 0 Å². The summed E-state index contributed by atoms with van der Waals surface area (Å²) in [7, 11) is 3.28. The van der Waals surface area contributed by atoms with Gasteiger partial charge in [-0.05, 0) is 53.6 Å². The molecule has 1 aromatic heterocycles. The van der Waals surface area contributed by atoms with Crippen molar-refractivity contribution in [2.45, 2.75) is 6.42 Å². The van der Waals surface area contributed by atoms with Crippen molar-refractivity contribution in [2.24, 2.45) is 7.05 Å². The molecule has 0 bridgehead atoms. The largest absolute Gasteiger partial charge is 0.469 e. The second-order valence-electron chi connectivity index (χ2n) is 8.41. The minimum absolute atomic E-state index is 0.146. The Morgan fingerprint density at radius 3 is 2.50 bits per heavy atom. The molecule has 0 saturated carbocycles. The number of imidazole rings is 1. The fourth-order valence-corrected chi connectivity index (χ4v) is 4.19. The zero-order valence-corrected chi connectivity index (χ0v) is 19.7. The summed E-state index contributed by atoms with van der Waals surface area (Å²) in [5, 5.41) is 6.14. The third kappa shape index (κ3) is 4.48. The predicted molar refractivity (Wildman–Crippen MR) is 136 cm³/mol. The lowest BCUT2D eigenvalue weighted by molar-refractivity contribution is -0.139. The van der Waals surface area contributed by atoms with E-state index in [1.165, 1.54) is 19.2 Å². The number of nitrogens with one attached hydrogen (secondary N) is 2. The molecule has 0 fully saturated rings. The number of aryl methyl sites for hydroxylation is 1. The number of halogens is 1. The van der Waals surface area contributed by atoms with Crippen LogP contribution in [0.5, 0.6) is 0 Å². The van der Waals surface area contributed by atoms with E-state index >= 15 is 0 Å². The van der Waals surface area contributed by atoms with E-state index in [0.29, 0.717) is 22.5 Å². The van der Waals surface area contributed by atoms with Gasteiger partial charge in [0.05, 0.1) is 30.5 Å². The number of carbonyl (C=O) groups excluding carboxylic acids is 2. The molecule has 1 aliphatic rings. The van der Waals surface area contributed by atoms with Crippen LogP contribution in [0, 0.1) is 5.82 Å². The lowest BCUT2D eigenvalue weighted by atomic mass is 9.98. The molecule has 180 valence electrons. The fourth-order valence-electron chi connectivity index (χ4n) is 4.19. The van der Waals surface area contributed by atoms with Crippen LogP contribution in [0.2, 0.25) is 0 Å². The highest BCUT2D eigenvalue weighted by molar-refractivity contribution is 6.37. The number of amides is 1. The number of ether oxygens (including phenoxy) is 1. The second kappa shape index (κ2) is 9.50. The number of methoxy groups -OCH3 is 1. The molecule has 1 aliphatic heterocycles. The number of carbonyl (C=O) groups is 2. The van der Waals surface area contributed by atoms with E-state index in [1.54, 1.807) is 12.3 Å². The Balaban J connectivity index is 1.56. The molecule has 0 aliphatic carbocycles. The van der Waals surface area contributed by atoms with E-state index in [1.807, 2.05) is 66.3 Å². The fraction of sp³-hybridized carbons (Fsp3) is 0.107. The van der Waals surface area contributed by atoms with Gasteiger partial charge in [0.25, 0.3) is 5.91 Å². The highest BCUT2D eigenvalue weighted by Gasteiger charge is 2.29. The molecule has 1 amide bonds. The quantitative estimate of drug-likeness (QED) is 0.302. The van der Waals surface area contributed by atoms with Crippen LogP contribution >= 0.6 is 0 Å². The SMILES string of the molecule is COC(=O)Cc1ccc(/C(Nc2ccc(-c3nccn3C)cc2)=C2/C(=O)Nc3cc(F)ccc32)cc1. The van der Waals surface area contributed by atoms with Gasteiger partial charge in [0.2, 0.25) is 0 Å². The van der Waals surface area contributed by atoms with Crippen LogP contribution in [0.15, 0.2) is 79.1 Å². The van der Waals surface area contributed by atoms with E-state index in [2.05, 4.69) is 15.6 Å². The smallest absolute Gasteiger partial charge is 0.309 e. The molecule has 2 N–H and O–H groups in total. The van der Waals surface area contributed by atoms with Crippen molar-refractivity contribution in [3.8, 4) is 11.4 Å². The number of aromatic nitrogens is 2. The van der Waals surface area contributed by atoms with Gasteiger partial charge < -0.3 is 19.9 Å². The molecule has 7 nitrogen and oxygen atoms in total. The van der Waals surface area contributed by atoms with Crippen LogP contribution in [0.25, 0.3) is 22.7 Å². The van der Waals surface area contributed by atoms with Gasteiger partial charge in [-0.15, -0.1) is 0 Å². The minimum Gasteiger partial charge on any atom is -0.469 e. The third-order valence-electron chi connectivity index (χ3n) is 6.03. The highest BCUT2D eigenvalue weighted by atomic mass is 19.1. The van der Waals surface area contributed by atoms with Crippen LogP contribution in [0.4, 0.5) is 15.8 Å². The normalized spacial score (nSPS) is 13.7. The van der Waals surface area contributed by atoms with Crippen LogP contribution < -0.4 is 10.6 Å². The van der Waals surface area contributed by atoms with E-state index < -0.39 is 5.82 Å². The molecule has 2 heterocycles. The maximum absolute atomic E-state index is 13.8. The molecule has 3 aromatic carbocycles. The molecule has 0 spiro atoms. The third-order valence-corrected chi connectivity index (χ3v) is 6.03. The molecule has 0 atom stereocenters. The number of fused-ring (bicyclic) bond motifs is 1. The monoisotopic (exact) mass is 482 g/mol. The van der Waals surface area contributed by atoms with E-state index in [-0.39, 0.29) is 18.3 Å². The van der Waals surface area contributed by atoms with Crippen LogP contribution in [0.1, 0.15) is 16.7 Å². The summed E-state index contributed by atoms with van der Waals surface area (Å²) in [5.74, 6) is -0.256. The van der Waals surface area contributed by atoms with Crippen molar-refractivity contribution < 1.29 is 18.7 Å². The van der Waals surface area contributed by atoms with Gasteiger partial charge in [0.1, 0.15) is 11.6 Å². The first-order valence-corrected chi connectivity index (χ1v) is 11.3. The minimum atomic E-state index is -0.429. The Hall–Kier alpha value is -4.72. The van der Waals surface area contributed by atoms with Crippen molar-refractivity contribution in [1.29, 1.82) is 0 Å². The van der Waals surface area contributed by atoms with Gasteiger partial charge in [-0.1, -0.05) is 24.3 Å². The first-order valence-electron chi connectivity index (χ1n) is 11.3. The second-order valence-corrected chi connectivity index (χ2v) is 8.41. The molecule has 0 saturated heterocycles. The maximum Gasteiger partial charge on any atom is 0.309 e. The first kappa shape index (κ1) is 23.0. The Kier molecular flexibility index (Phi) is 6.08. The summed E-state index contributed by atoms with van der Waals surface area (Å²) >= 11 is 0. The number of rotatable bonds is 6. The number of nitrogens with zero attached hydrogens (tertiary/aromatic N) is 2. The lowest BCUT2D eigenvalue weighted by Gasteiger charge is -2.16. The van der Waals surface area contributed by atoms with Gasteiger partial charge in [-0.3, -0.25) is 9.59 Å². The average molecular weight is 483 g/mol. The molecule has 36 heavy (non-hydrogen) atoms. The summed E-state index contributed by atoms with van der Waals surface area (Å²) in [6.07, 6.45) is 3.77. The lowest BCUT2D eigenvalue weighted by Crippen LogP contribution is -2.10. The van der Waals surface area contributed by atoms with E-state index in [4.69, 9.17) is 4.74 Å². The van der Waals surface area contributed by atoms with Gasteiger partial charge in [-0.25, -0.2) is 9.37 Å². The van der Waals surface area contributed by atoms with E-state index in [0.717, 1.165) is 28.2 Å². The summed E-state index contributed by atoms with van der Waals surface area (Å²) in [4.78, 5) is 29.1. The van der Waals surface area contributed by atoms with Crippen molar-refractivity contribution in [3.63, 3.8) is 0 Å². The topological polar surface area (TPSA) is 85.2 Å². The molecule has 5 rings (SSSR count). The Bertz CT molecular complexity index is 1490. The van der Waals surface area contributed by atoms with Crippen LogP contribution in [-0.2, 0) is 27.8 Å². The number of esters is 1. The van der Waals surface area contributed by atoms with Crippen molar-refractivity contribution in [2.75, 3.05) is 17.7 Å². The van der Waals surface area contributed by atoms with Crippen molar-refractivity contribution in [3.05, 3.63) is 102 Å². The number of hydrogen-bond donors (Lipinski definition) is 2. The zero-order valence-electron chi connectivity index (χ0n) is 19.7. The summed E-state index contributed by atoms with van der Waals surface area (Å²) in [5.41, 5.74) is 5.22. The Labute approximate surface area is 207 Å². The average Bonchev–Trinajstić information content (AvgIpc) is 3.45. The molecule has 8 heteroatoms.